The second-order valence-electron chi connectivity index (χ2n) is 3.06. The monoisotopic (exact) mass is 180 g/mol. The summed E-state index contributed by atoms with van der Waals surface area (Å²) in [7, 11) is 0. The summed E-state index contributed by atoms with van der Waals surface area (Å²) in [5.74, 6) is -0.927. The minimum atomic E-state index is -0.927. The Balaban J connectivity index is 2.75. The van der Waals surface area contributed by atoms with Crippen LogP contribution in [0, 0.1) is 0 Å². The van der Waals surface area contributed by atoms with E-state index in [9.17, 15) is 4.79 Å². The summed E-state index contributed by atoms with van der Waals surface area (Å²) in [6, 6.07) is 6.52. The molecule has 0 fully saturated rings. The Hall–Kier alpha value is -1.35. The molecule has 0 bridgehead atoms. The lowest BCUT2D eigenvalue weighted by atomic mass is 10.1. The van der Waals surface area contributed by atoms with E-state index in [1.54, 1.807) is 31.2 Å². The Morgan fingerprint density at radius 1 is 1.38 bits per heavy atom. The number of aliphatic hydroxyl groups is 1. The van der Waals surface area contributed by atoms with Crippen molar-refractivity contribution in [2.24, 2.45) is 0 Å². The van der Waals surface area contributed by atoms with Gasteiger partial charge in [-0.3, -0.25) is 0 Å². The Morgan fingerprint density at radius 2 is 1.92 bits per heavy atom. The third-order valence-electron chi connectivity index (χ3n) is 1.73. The molecule has 0 radical (unpaired) electrons. The van der Waals surface area contributed by atoms with Crippen molar-refractivity contribution in [1.82, 2.24) is 0 Å². The molecule has 0 aliphatic carbocycles. The fraction of sp³-hybridized carbons (Fsp3) is 0.300. The van der Waals surface area contributed by atoms with E-state index in [2.05, 4.69) is 0 Å². The molecular weight excluding hydrogens is 168 g/mol. The summed E-state index contributed by atoms with van der Waals surface area (Å²) in [5, 5.41) is 17.7. The van der Waals surface area contributed by atoms with E-state index in [-0.39, 0.29) is 5.56 Å². The van der Waals surface area contributed by atoms with Crippen LogP contribution in [0.3, 0.4) is 0 Å². The Morgan fingerprint density at radius 3 is 2.31 bits per heavy atom. The van der Waals surface area contributed by atoms with Crippen LogP contribution in [-0.2, 0) is 6.42 Å². The van der Waals surface area contributed by atoms with Crippen LogP contribution < -0.4 is 0 Å². The Kier molecular flexibility index (Phi) is 3.03. The molecule has 3 heteroatoms. The molecule has 0 saturated heterocycles. The van der Waals surface area contributed by atoms with E-state index >= 15 is 0 Å². The molecular formula is C10H12O3. The third kappa shape index (κ3) is 2.87. The van der Waals surface area contributed by atoms with Crippen molar-refractivity contribution < 1.29 is 15.0 Å². The summed E-state index contributed by atoms with van der Waals surface area (Å²) in [4.78, 5) is 10.5. The second-order valence-corrected chi connectivity index (χ2v) is 3.06. The highest BCUT2D eigenvalue weighted by molar-refractivity contribution is 5.87. The number of carbonyl (C=O) groups is 1. The van der Waals surface area contributed by atoms with Gasteiger partial charge in [0.05, 0.1) is 11.7 Å². The summed E-state index contributed by atoms with van der Waals surface area (Å²) < 4.78 is 0. The van der Waals surface area contributed by atoms with E-state index in [1.165, 1.54) is 0 Å². The van der Waals surface area contributed by atoms with E-state index in [4.69, 9.17) is 10.2 Å². The van der Waals surface area contributed by atoms with Crippen LogP contribution >= 0.6 is 0 Å². The summed E-state index contributed by atoms with van der Waals surface area (Å²) in [6.07, 6.45) is 0.163. The standard InChI is InChI=1S/C10H12O3/c1-7(11)6-8-2-4-9(5-3-8)10(12)13/h2-5,7,11H,6H2,1H3,(H,12,13)/t7-/m1/s1. The van der Waals surface area contributed by atoms with E-state index in [0.717, 1.165) is 5.56 Å². The first-order chi connectivity index (χ1) is 6.09. The molecule has 13 heavy (non-hydrogen) atoms. The lowest BCUT2D eigenvalue weighted by molar-refractivity contribution is 0.0697. The number of aliphatic hydroxyl groups excluding tert-OH is 1. The minimum absolute atomic E-state index is 0.273. The molecule has 1 atom stereocenters. The first kappa shape index (κ1) is 9.74. The zero-order valence-electron chi connectivity index (χ0n) is 7.40. The van der Waals surface area contributed by atoms with Gasteiger partial charge in [-0.05, 0) is 31.0 Å². The van der Waals surface area contributed by atoms with Gasteiger partial charge in [0.15, 0.2) is 0 Å². The zero-order valence-corrected chi connectivity index (χ0v) is 7.40. The van der Waals surface area contributed by atoms with Gasteiger partial charge in [-0.25, -0.2) is 4.79 Å². The molecule has 0 unspecified atom stereocenters. The average Bonchev–Trinajstić information content (AvgIpc) is 2.04. The van der Waals surface area contributed by atoms with Gasteiger partial charge in [-0.15, -0.1) is 0 Å². The van der Waals surface area contributed by atoms with E-state index in [0.29, 0.717) is 6.42 Å². The molecule has 1 rings (SSSR count). The second kappa shape index (κ2) is 4.05. The van der Waals surface area contributed by atoms with Crippen molar-refractivity contribution in [3.05, 3.63) is 35.4 Å². The van der Waals surface area contributed by atoms with Gasteiger partial charge < -0.3 is 10.2 Å². The molecule has 0 spiro atoms. The van der Waals surface area contributed by atoms with E-state index in [1.807, 2.05) is 0 Å². The molecule has 1 aromatic rings. The van der Waals surface area contributed by atoms with Crippen molar-refractivity contribution in [2.75, 3.05) is 0 Å². The fourth-order valence-corrected chi connectivity index (χ4v) is 1.12. The lowest BCUT2D eigenvalue weighted by Gasteiger charge is -2.03. The summed E-state index contributed by atoms with van der Waals surface area (Å²) in [6.45, 7) is 1.70. The van der Waals surface area contributed by atoms with Gasteiger partial charge in [0.2, 0.25) is 0 Å². The molecule has 70 valence electrons. The predicted molar refractivity (Wildman–Crippen MR) is 48.8 cm³/mol. The number of benzene rings is 1. The number of carboxylic acids is 1. The summed E-state index contributed by atoms with van der Waals surface area (Å²) in [5.41, 5.74) is 1.22. The molecule has 2 N–H and O–H groups in total. The third-order valence-corrected chi connectivity index (χ3v) is 1.73. The Labute approximate surface area is 76.6 Å². The molecule has 0 amide bonds. The van der Waals surface area contributed by atoms with E-state index < -0.39 is 12.1 Å². The van der Waals surface area contributed by atoms with Gasteiger partial charge in [0, 0.05) is 0 Å². The number of hydrogen-bond acceptors (Lipinski definition) is 2. The SMILES string of the molecule is C[C@@H](O)Cc1ccc(C(=O)O)cc1. The zero-order chi connectivity index (χ0) is 9.84. The lowest BCUT2D eigenvalue weighted by Crippen LogP contribution is -2.04. The molecule has 0 aromatic heterocycles. The van der Waals surface area contributed by atoms with Gasteiger partial charge in [0.1, 0.15) is 0 Å². The topological polar surface area (TPSA) is 57.5 Å². The van der Waals surface area contributed by atoms with Gasteiger partial charge in [-0.1, -0.05) is 12.1 Å². The summed E-state index contributed by atoms with van der Waals surface area (Å²) >= 11 is 0. The number of aromatic carboxylic acids is 1. The van der Waals surface area contributed by atoms with Crippen molar-refractivity contribution in [3.8, 4) is 0 Å². The molecule has 0 heterocycles. The van der Waals surface area contributed by atoms with Crippen LogP contribution in [0.4, 0.5) is 0 Å². The van der Waals surface area contributed by atoms with Crippen LogP contribution in [0.2, 0.25) is 0 Å². The maximum absolute atomic E-state index is 10.5. The highest BCUT2D eigenvalue weighted by Gasteiger charge is 2.02. The minimum Gasteiger partial charge on any atom is -0.478 e. The molecule has 3 nitrogen and oxygen atoms in total. The molecule has 0 saturated carbocycles. The predicted octanol–water partition coefficient (Wildman–Crippen LogP) is 1.31. The fourth-order valence-electron chi connectivity index (χ4n) is 1.12. The van der Waals surface area contributed by atoms with Crippen LogP contribution in [-0.4, -0.2) is 22.3 Å². The van der Waals surface area contributed by atoms with Crippen molar-refractivity contribution >= 4 is 5.97 Å². The first-order valence-electron chi connectivity index (χ1n) is 4.10. The van der Waals surface area contributed by atoms with Gasteiger partial charge in [0.25, 0.3) is 0 Å². The normalized spacial score (nSPS) is 12.5. The van der Waals surface area contributed by atoms with Crippen molar-refractivity contribution in [1.29, 1.82) is 0 Å². The smallest absolute Gasteiger partial charge is 0.335 e. The maximum atomic E-state index is 10.5. The van der Waals surface area contributed by atoms with Crippen LogP contribution in [0.25, 0.3) is 0 Å². The van der Waals surface area contributed by atoms with Crippen molar-refractivity contribution in [2.45, 2.75) is 19.4 Å². The average molecular weight is 180 g/mol. The maximum Gasteiger partial charge on any atom is 0.335 e. The highest BCUT2D eigenvalue weighted by Crippen LogP contribution is 2.06. The first-order valence-corrected chi connectivity index (χ1v) is 4.10. The molecule has 1 aromatic carbocycles. The van der Waals surface area contributed by atoms with Crippen LogP contribution in [0.5, 0.6) is 0 Å². The van der Waals surface area contributed by atoms with Gasteiger partial charge in [-0.2, -0.15) is 0 Å². The van der Waals surface area contributed by atoms with Crippen LogP contribution in [0.1, 0.15) is 22.8 Å². The molecule has 0 aliphatic rings. The van der Waals surface area contributed by atoms with Gasteiger partial charge >= 0.3 is 5.97 Å². The molecule has 0 aliphatic heterocycles. The quantitative estimate of drug-likeness (QED) is 0.737. The Bertz CT molecular complexity index is 288. The van der Waals surface area contributed by atoms with Crippen molar-refractivity contribution in [3.63, 3.8) is 0 Å². The largest absolute Gasteiger partial charge is 0.478 e. The highest BCUT2D eigenvalue weighted by atomic mass is 16.4. The number of rotatable bonds is 3. The number of carboxylic acid groups (broad SMARTS) is 1. The van der Waals surface area contributed by atoms with Crippen LogP contribution in [0.15, 0.2) is 24.3 Å². The number of hydrogen-bond donors (Lipinski definition) is 2.